The van der Waals surface area contributed by atoms with Crippen LogP contribution in [0.15, 0.2) is 12.1 Å². The molecule has 0 spiro atoms. The SMILES string of the molecule is Oc1cc(C(F)(F)F)c(C(F)(F)F)cc1I. The Bertz CT molecular complexity index is 369. The van der Waals surface area contributed by atoms with Gasteiger partial charge in [0.15, 0.2) is 0 Å². The van der Waals surface area contributed by atoms with Gasteiger partial charge in [0.25, 0.3) is 0 Å². The zero-order chi connectivity index (χ0) is 12.7. The Kier molecular flexibility index (Phi) is 3.32. The highest BCUT2D eigenvalue weighted by atomic mass is 127. The van der Waals surface area contributed by atoms with Crippen molar-refractivity contribution in [1.82, 2.24) is 0 Å². The predicted octanol–water partition coefficient (Wildman–Crippen LogP) is 4.03. The number of halogens is 7. The highest BCUT2D eigenvalue weighted by molar-refractivity contribution is 14.1. The van der Waals surface area contributed by atoms with Crippen LogP contribution >= 0.6 is 22.6 Å². The van der Waals surface area contributed by atoms with Crippen LogP contribution in [-0.4, -0.2) is 5.11 Å². The fourth-order valence-corrected chi connectivity index (χ4v) is 1.50. The summed E-state index contributed by atoms with van der Waals surface area (Å²) in [6.07, 6.45) is -10.3. The van der Waals surface area contributed by atoms with E-state index in [4.69, 9.17) is 5.11 Å². The van der Waals surface area contributed by atoms with Crippen LogP contribution < -0.4 is 0 Å². The minimum absolute atomic E-state index is 0.0740. The first-order valence-electron chi connectivity index (χ1n) is 3.70. The summed E-state index contributed by atoms with van der Waals surface area (Å²) >= 11 is 1.32. The van der Waals surface area contributed by atoms with Crippen LogP contribution in [0.1, 0.15) is 11.1 Å². The minimum Gasteiger partial charge on any atom is -0.507 e. The van der Waals surface area contributed by atoms with Crippen molar-refractivity contribution in [3.05, 3.63) is 26.8 Å². The molecule has 8 heteroatoms. The van der Waals surface area contributed by atoms with Gasteiger partial charge in [-0.25, -0.2) is 0 Å². The Morgan fingerprint density at radius 3 is 1.62 bits per heavy atom. The molecule has 0 unspecified atom stereocenters. The number of phenols is 1. The van der Waals surface area contributed by atoms with E-state index >= 15 is 0 Å². The van der Waals surface area contributed by atoms with Gasteiger partial charge >= 0.3 is 12.4 Å². The first-order valence-corrected chi connectivity index (χ1v) is 4.78. The third kappa shape index (κ3) is 2.71. The van der Waals surface area contributed by atoms with E-state index in [9.17, 15) is 26.3 Å². The van der Waals surface area contributed by atoms with Gasteiger partial charge < -0.3 is 5.11 Å². The summed E-state index contributed by atoms with van der Waals surface area (Å²) in [4.78, 5) is 0. The summed E-state index contributed by atoms with van der Waals surface area (Å²) in [7, 11) is 0. The predicted molar refractivity (Wildman–Crippen MR) is 50.8 cm³/mol. The molecule has 0 heterocycles. The summed E-state index contributed by atoms with van der Waals surface area (Å²) in [5.41, 5.74) is -3.69. The lowest BCUT2D eigenvalue weighted by Crippen LogP contribution is -2.16. The Morgan fingerprint density at radius 2 is 1.25 bits per heavy atom. The zero-order valence-corrected chi connectivity index (χ0v) is 9.41. The average Bonchev–Trinajstić information content (AvgIpc) is 2.05. The van der Waals surface area contributed by atoms with Gasteiger partial charge in [0, 0.05) is 0 Å². The summed E-state index contributed by atoms with van der Waals surface area (Å²) < 4.78 is 73.5. The van der Waals surface area contributed by atoms with Crippen LogP contribution in [0.5, 0.6) is 5.75 Å². The van der Waals surface area contributed by atoms with Gasteiger partial charge in [-0.1, -0.05) is 0 Å². The first-order chi connectivity index (χ1) is 7.03. The molecule has 16 heavy (non-hydrogen) atoms. The topological polar surface area (TPSA) is 20.2 Å². The summed E-state index contributed by atoms with van der Waals surface area (Å²) in [5, 5.41) is 8.98. The molecular weight excluding hydrogens is 353 g/mol. The molecule has 0 aromatic heterocycles. The van der Waals surface area contributed by atoms with Crippen molar-refractivity contribution >= 4 is 22.6 Å². The standard InChI is InChI=1S/C8H3F6IO/c9-7(10,11)3-1-5(15)6(16)2-4(3)8(12,13)14/h1-2,16H. The molecule has 0 radical (unpaired) electrons. The zero-order valence-electron chi connectivity index (χ0n) is 7.25. The maximum atomic E-state index is 12.3. The van der Waals surface area contributed by atoms with E-state index in [1.165, 1.54) is 22.6 Å². The highest BCUT2D eigenvalue weighted by Gasteiger charge is 2.43. The van der Waals surface area contributed by atoms with Gasteiger partial charge in [-0.05, 0) is 34.7 Å². The van der Waals surface area contributed by atoms with E-state index in [0.717, 1.165) is 0 Å². The molecule has 0 aliphatic rings. The maximum Gasteiger partial charge on any atom is 0.417 e. The second-order valence-corrected chi connectivity index (χ2v) is 4.01. The summed E-state index contributed by atoms with van der Waals surface area (Å²) in [6.45, 7) is 0. The largest absolute Gasteiger partial charge is 0.507 e. The number of rotatable bonds is 0. The summed E-state index contributed by atoms with van der Waals surface area (Å²) in [6, 6.07) is 0.337. The van der Waals surface area contributed by atoms with E-state index in [1.807, 2.05) is 0 Å². The number of benzene rings is 1. The van der Waals surface area contributed by atoms with Crippen molar-refractivity contribution in [3.8, 4) is 5.75 Å². The van der Waals surface area contributed by atoms with Crippen molar-refractivity contribution in [3.63, 3.8) is 0 Å². The van der Waals surface area contributed by atoms with Crippen LogP contribution in [0.2, 0.25) is 0 Å². The summed E-state index contributed by atoms with van der Waals surface area (Å²) in [5.74, 6) is -0.832. The molecule has 1 N–H and O–H groups in total. The fraction of sp³-hybridized carbons (Fsp3) is 0.250. The fourth-order valence-electron chi connectivity index (χ4n) is 1.03. The van der Waals surface area contributed by atoms with Crippen LogP contribution in [0, 0.1) is 3.57 Å². The molecular formula is C8H3F6IO. The number of phenolic OH excluding ortho intramolecular Hbond substituents is 1. The molecule has 0 saturated heterocycles. The Balaban J connectivity index is 3.53. The number of hydrogen-bond donors (Lipinski definition) is 1. The smallest absolute Gasteiger partial charge is 0.417 e. The molecule has 0 fully saturated rings. The van der Waals surface area contributed by atoms with E-state index in [-0.39, 0.29) is 15.7 Å². The van der Waals surface area contributed by atoms with Crippen molar-refractivity contribution in [1.29, 1.82) is 0 Å². The van der Waals surface area contributed by atoms with Crippen molar-refractivity contribution in [2.75, 3.05) is 0 Å². The Morgan fingerprint density at radius 1 is 0.875 bits per heavy atom. The van der Waals surface area contributed by atoms with Crippen molar-refractivity contribution < 1.29 is 31.4 Å². The van der Waals surface area contributed by atoms with E-state index < -0.39 is 29.2 Å². The number of alkyl halides is 6. The van der Waals surface area contributed by atoms with Gasteiger partial charge in [-0.2, -0.15) is 26.3 Å². The van der Waals surface area contributed by atoms with Gasteiger partial charge in [0.1, 0.15) is 5.75 Å². The van der Waals surface area contributed by atoms with Gasteiger partial charge in [-0.3, -0.25) is 0 Å². The third-order valence-electron chi connectivity index (χ3n) is 1.70. The second-order valence-electron chi connectivity index (χ2n) is 2.84. The van der Waals surface area contributed by atoms with Gasteiger partial charge in [-0.15, -0.1) is 0 Å². The molecule has 1 aromatic carbocycles. The number of hydrogen-bond acceptors (Lipinski definition) is 1. The highest BCUT2D eigenvalue weighted by Crippen LogP contribution is 2.42. The average molecular weight is 356 g/mol. The van der Waals surface area contributed by atoms with Crippen LogP contribution in [-0.2, 0) is 12.4 Å². The molecule has 0 aliphatic heterocycles. The first kappa shape index (κ1) is 13.4. The lowest BCUT2D eigenvalue weighted by atomic mass is 10.1. The lowest BCUT2D eigenvalue weighted by molar-refractivity contribution is -0.162. The molecule has 90 valence electrons. The molecule has 1 aromatic rings. The molecule has 0 atom stereocenters. The lowest BCUT2D eigenvalue weighted by Gasteiger charge is -2.16. The molecule has 1 rings (SSSR count). The van der Waals surface area contributed by atoms with Gasteiger partial charge in [0.2, 0.25) is 0 Å². The molecule has 0 saturated carbocycles. The van der Waals surface area contributed by atoms with E-state index in [1.54, 1.807) is 0 Å². The normalized spacial score (nSPS) is 12.9. The third-order valence-corrected chi connectivity index (χ3v) is 2.56. The van der Waals surface area contributed by atoms with E-state index in [2.05, 4.69) is 0 Å². The number of aromatic hydroxyl groups is 1. The Hall–Kier alpha value is -0.670. The van der Waals surface area contributed by atoms with Crippen LogP contribution in [0.3, 0.4) is 0 Å². The van der Waals surface area contributed by atoms with Crippen LogP contribution in [0.4, 0.5) is 26.3 Å². The molecule has 0 aliphatic carbocycles. The van der Waals surface area contributed by atoms with Crippen LogP contribution in [0.25, 0.3) is 0 Å². The minimum atomic E-state index is -5.16. The monoisotopic (exact) mass is 356 g/mol. The van der Waals surface area contributed by atoms with Crippen molar-refractivity contribution in [2.45, 2.75) is 12.4 Å². The molecule has 0 amide bonds. The molecule has 1 nitrogen and oxygen atoms in total. The maximum absolute atomic E-state index is 12.3. The Labute approximate surface area is 99.2 Å². The quantitative estimate of drug-likeness (QED) is 0.550. The molecule has 0 bridgehead atoms. The van der Waals surface area contributed by atoms with E-state index in [0.29, 0.717) is 0 Å². The van der Waals surface area contributed by atoms with Gasteiger partial charge in [0.05, 0.1) is 14.7 Å². The van der Waals surface area contributed by atoms with Crippen molar-refractivity contribution in [2.24, 2.45) is 0 Å². The second kappa shape index (κ2) is 3.97.